The first kappa shape index (κ1) is 22.1. The summed E-state index contributed by atoms with van der Waals surface area (Å²) in [6.07, 6.45) is -4.31. The van der Waals surface area contributed by atoms with Crippen LogP contribution >= 0.6 is 0 Å². The summed E-state index contributed by atoms with van der Waals surface area (Å²) >= 11 is 0. The number of guanidine groups is 1. The van der Waals surface area contributed by atoms with Crippen molar-refractivity contribution in [1.82, 2.24) is 15.1 Å². The molecule has 2 rings (SSSR count). The highest BCUT2D eigenvalue weighted by atomic mass is 19.4. The quantitative estimate of drug-likeness (QED) is 0.586. The molecule has 1 aromatic carbocycles. The molecule has 9 heteroatoms. The molecule has 0 saturated carbocycles. The van der Waals surface area contributed by atoms with E-state index in [0.29, 0.717) is 38.7 Å². The van der Waals surface area contributed by atoms with Crippen LogP contribution in [0.1, 0.15) is 13.8 Å². The SMILES string of the molecule is CN=C(NCC(C)Oc1ccc(OC)cc1)N1CCN(C(C)C(F)(F)F)CC1. The number of ether oxygens (including phenoxy) is 2. The van der Waals surface area contributed by atoms with Crippen molar-refractivity contribution in [3.63, 3.8) is 0 Å². The molecule has 0 aliphatic carbocycles. The Morgan fingerprint density at radius 3 is 2.18 bits per heavy atom. The van der Waals surface area contributed by atoms with Crippen molar-refractivity contribution in [2.75, 3.05) is 46.9 Å². The number of hydrogen-bond acceptors (Lipinski definition) is 4. The first-order valence-corrected chi connectivity index (χ1v) is 9.31. The van der Waals surface area contributed by atoms with Gasteiger partial charge in [-0.3, -0.25) is 9.89 Å². The number of hydrogen-bond donors (Lipinski definition) is 1. The van der Waals surface area contributed by atoms with Gasteiger partial charge in [-0.2, -0.15) is 13.2 Å². The van der Waals surface area contributed by atoms with Crippen molar-refractivity contribution < 1.29 is 22.6 Å². The minimum atomic E-state index is -4.20. The van der Waals surface area contributed by atoms with E-state index in [1.54, 1.807) is 14.2 Å². The Kier molecular flexibility index (Phi) is 7.79. The number of methoxy groups -OCH3 is 1. The molecule has 0 aromatic heterocycles. The van der Waals surface area contributed by atoms with Crippen molar-refractivity contribution in [3.8, 4) is 11.5 Å². The molecule has 158 valence electrons. The Labute approximate surface area is 164 Å². The normalized spacial score (nSPS) is 18.5. The zero-order valence-corrected chi connectivity index (χ0v) is 16.8. The second kappa shape index (κ2) is 9.86. The van der Waals surface area contributed by atoms with E-state index in [2.05, 4.69) is 10.3 Å². The average molecular weight is 402 g/mol. The van der Waals surface area contributed by atoms with Crippen molar-refractivity contribution in [2.24, 2.45) is 4.99 Å². The molecule has 2 unspecified atom stereocenters. The molecule has 6 nitrogen and oxygen atoms in total. The van der Waals surface area contributed by atoms with Crippen LogP contribution in [0.2, 0.25) is 0 Å². The topological polar surface area (TPSA) is 49.3 Å². The van der Waals surface area contributed by atoms with Crippen LogP contribution in [0.4, 0.5) is 13.2 Å². The largest absolute Gasteiger partial charge is 0.497 e. The lowest BCUT2D eigenvalue weighted by Crippen LogP contribution is -2.57. The molecular formula is C19H29F3N4O2. The molecule has 1 aliphatic heterocycles. The highest BCUT2D eigenvalue weighted by molar-refractivity contribution is 5.80. The van der Waals surface area contributed by atoms with Gasteiger partial charge in [0.05, 0.1) is 13.7 Å². The van der Waals surface area contributed by atoms with E-state index in [-0.39, 0.29) is 6.10 Å². The zero-order valence-electron chi connectivity index (χ0n) is 16.8. The summed E-state index contributed by atoms with van der Waals surface area (Å²) in [5, 5.41) is 3.24. The fourth-order valence-electron chi connectivity index (χ4n) is 3.02. The van der Waals surface area contributed by atoms with Crippen LogP contribution in [0.25, 0.3) is 0 Å². The summed E-state index contributed by atoms with van der Waals surface area (Å²) in [5.41, 5.74) is 0. The standard InChI is InChI=1S/C19H29F3N4O2/c1-14(28-17-7-5-16(27-4)6-8-17)13-24-18(23-3)26-11-9-25(10-12-26)15(2)19(20,21)22/h5-8,14-15H,9-13H2,1-4H3,(H,23,24). The number of nitrogens with zero attached hydrogens (tertiary/aromatic N) is 3. The minimum Gasteiger partial charge on any atom is -0.497 e. The molecule has 0 bridgehead atoms. The van der Waals surface area contributed by atoms with Gasteiger partial charge in [-0.15, -0.1) is 0 Å². The highest BCUT2D eigenvalue weighted by Gasteiger charge is 2.41. The maximum Gasteiger partial charge on any atom is 0.403 e. The summed E-state index contributed by atoms with van der Waals surface area (Å²) in [7, 11) is 3.28. The summed E-state index contributed by atoms with van der Waals surface area (Å²) in [5.74, 6) is 2.17. The Morgan fingerprint density at radius 2 is 1.68 bits per heavy atom. The summed E-state index contributed by atoms with van der Waals surface area (Å²) in [6.45, 7) is 5.35. The van der Waals surface area contributed by atoms with Crippen LogP contribution in [-0.2, 0) is 0 Å². The van der Waals surface area contributed by atoms with Gasteiger partial charge in [0.15, 0.2) is 5.96 Å². The van der Waals surface area contributed by atoms with Gasteiger partial charge in [0.25, 0.3) is 0 Å². The molecule has 1 fully saturated rings. The first-order valence-electron chi connectivity index (χ1n) is 9.31. The zero-order chi connectivity index (χ0) is 20.7. The number of piperazine rings is 1. The Morgan fingerprint density at radius 1 is 1.11 bits per heavy atom. The van der Waals surface area contributed by atoms with Gasteiger partial charge >= 0.3 is 6.18 Å². The molecule has 1 N–H and O–H groups in total. The third-order valence-corrected chi connectivity index (χ3v) is 4.79. The van der Waals surface area contributed by atoms with Crippen LogP contribution in [-0.4, -0.2) is 81.0 Å². The maximum atomic E-state index is 12.9. The van der Waals surface area contributed by atoms with Gasteiger partial charge in [-0.1, -0.05) is 0 Å². The van der Waals surface area contributed by atoms with Crippen LogP contribution in [0.15, 0.2) is 29.3 Å². The van der Waals surface area contributed by atoms with E-state index in [1.165, 1.54) is 11.8 Å². The fraction of sp³-hybridized carbons (Fsp3) is 0.632. The van der Waals surface area contributed by atoms with Gasteiger partial charge in [-0.05, 0) is 38.1 Å². The molecule has 0 spiro atoms. The molecule has 0 radical (unpaired) electrons. The van der Waals surface area contributed by atoms with Crippen molar-refractivity contribution >= 4 is 5.96 Å². The second-order valence-electron chi connectivity index (χ2n) is 6.77. The third kappa shape index (κ3) is 6.19. The van der Waals surface area contributed by atoms with Gasteiger partial charge in [-0.25, -0.2) is 0 Å². The number of halogens is 3. The van der Waals surface area contributed by atoms with Crippen LogP contribution in [0, 0.1) is 0 Å². The van der Waals surface area contributed by atoms with E-state index in [1.807, 2.05) is 36.1 Å². The van der Waals surface area contributed by atoms with E-state index in [0.717, 1.165) is 11.5 Å². The molecular weight excluding hydrogens is 373 g/mol. The van der Waals surface area contributed by atoms with E-state index in [4.69, 9.17) is 9.47 Å². The number of rotatable bonds is 6. The predicted molar refractivity (Wildman–Crippen MR) is 103 cm³/mol. The van der Waals surface area contributed by atoms with Crippen molar-refractivity contribution in [1.29, 1.82) is 0 Å². The lowest BCUT2D eigenvalue weighted by Gasteiger charge is -2.39. The van der Waals surface area contributed by atoms with Crippen molar-refractivity contribution in [2.45, 2.75) is 32.2 Å². The highest BCUT2D eigenvalue weighted by Crippen LogP contribution is 2.25. The summed E-state index contributed by atoms with van der Waals surface area (Å²) in [6, 6.07) is 5.91. The molecule has 1 heterocycles. The molecule has 2 atom stereocenters. The summed E-state index contributed by atoms with van der Waals surface area (Å²) < 4.78 is 49.6. The van der Waals surface area contributed by atoms with E-state index in [9.17, 15) is 13.2 Å². The maximum absolute atomic E-state index is 12.9. The second-order valence-corrected chi connectivity index (χ2v) is 6.77. The predicted octanol–water partition coefficient (Wildman–Crippen LogP) is 2.61. The van der Waals surface area contributed by atoms with E-state index >= 15 is 0 Å². The van der Waals surface area contributed by atoms with Crippen LogP contribution in [0.3, 0.4) is 0 Å². The van der Waals surface area contributed by atoms with Gasteiger partial charge in [0, 0.05) is 33.2 Å². The van der Waals surface area contributed by atoms with Gasteiger partial charge < -0.3 is 19.7 Å². The molecule has 28 heavy (non-hydrogen) atoms. The lowest BCUT2D eigenvalue weighted by molar-refractivity contribution is -0.181. The fourth-order valence-corrected chi connectivity index (χ4v) is 3.02. The van der Waals surface area contributed by atoms with Crippen LogP contribution in [0.5, 0.6) is 11.5 Å². The summed E-state index contributed by atoms with van der Waals surface area (Å²) in [4.78, 5) is 7.68. The molecule has 1 saturated heterocycles. The van der Waals surface area contributed by atoms with Gasteiger partial charge in [0.1, 0.15) is 23.6 Å². The Hall–Kier alpha value is -2.16. The van der Waals surface area contributed by atoms with Gasteiger partial charge in [0.2, 0.25) is 0 Å². The van der Waals surface area contributed by atoms with E-state index < -0.39 is 12.2 Å². The smallest absolute Gasteiger partial charge is 0.403 e. The monoisotopic (exact) mass is 402 g/mol. The Bertz CT molecular complexity index is 629. The number of alkyl halides is 3. The number of benzene rings is 1. The third-order valence-electron chi connectivity index (χ3n) is 4.79. The molecule has 1 aliphatic rings. The van der Waals surface area contributed by atoms with Crippen molar-refractivity contribution in [3.05, 3.63) is 24.3 Å². The minimum absolute atomic E-state index is 0.114. The van der Waals surface area contributed by atoms with Crippen LogP contribution < -0.4 is 14.8 Å². The Balaban J connectivity index is 1.79. The molecule has 0 amide bonds. The molecule has 1 aromatic rings. The lowest BCUT2D eigenvalue weighted by atomic mass is 10.2. The first-order chi connectivity index (χ1) is 13.2. The number of nitrogens with one attached hydrogen (secondary N) is 1. The number of aliphatic imine (C=N–C) groups is 1. The average Bonchev–Trinajstić information content (AvgIpc) is 2.68.